The first-order valence-electron chi connectivity index (χ1n) is 7.22. The molecule has 3 unspecified atom stereocenters. The predicted octanol–water partition coefficient (Wildman–Crippen LogP) is 2.89. The van der Waals surface area contributed by atoms with Gasteiger partial charge in [0.15, 0.2) is 0 Å². The van der Waals surface area contributed by atoms with E-state index in [1.807, 2.05) is 6.07 Å². The topological polar surface area (TPSA) is 43.6 Å². The molecule has 0 bridgehead atoms. The molecule has 1 aliphatic heterocycles. The van der Waals surface area contributed by atoms with Crippen molar-refractivity contribution in [2.45, 2.75) is 45.4 Å². The zero-order chi connectivity index (χ0) is 13.7. The standard InChI is InChI=1S/C15H25NO3/c1-4-13-12(8-9-18-13)15(16-5-2)14-7-6-11(19-14)10-17-3/h6-7,12-13,15-16H,4-5,8-10H2,1-3H3. The van der Waals surface area contributed by atoms with Crippen LogP contribution in [0.15, 0.2) is 16.5 Å². The number of nitrogens with one attached hydrogen (secondary N) is 1. The Balaban J connectivity index is 2.13. The van der Waals surface area contributed by atoms with E-state index < -0.39 is 0 Å². The van der Waals surface area contributed by atoms with Gasteiger partial charge in [0, 0.05) is 19.6 Å². The number of ether oxygens (including phenoxy) is 2. The average molecular weight is 267 g/mol. The second-order valence-corrected chi connectivity index (χ2v) is 5.04. The minimum atomic E-state index is 0.239. The summed E-state index contributed by atoms with van der Waals surface area (Å²) in [6.07, 6.45) is 2.48. The molecule has 0 amide bonds. The van der Waals surface area contributed by atoms with Gasteiger partial charge in [0.1, 0.15) is 18.1 Å². The Hall–Kier alpha value is -0.840. The SMILES string of the molecule is CCNC(c1ccc(COC)o1)C1CCOC1CC. The molecular formula is C15H25NO3. The van der Waals surface area contributed by atoms with Crippen LogP contribution in [-0.2, 0) is 16.1 Å². The van der Waals surface area contributed by atoms with Crippen LogP contribution < -0.4 is 5.32 Å². The van der Waals surface area contributed by atoms with E-state index in [2.05, 4.69) is 25.2 Å². The molecule has 108 valence electrons. The highest BCUT2D eigenvalue weighted by Gasteiger charge is 2.35. The van der Waals surface area contributed by atoms with Crippen LogP contribution in [0.25, 0.3) is 0 Å². The van der Waals surface area contributed by atoms with E-state index in [1.54, 1.807) is 7.11 Å². The molecule has 0 aromatic carbocycles. The molecule has 2 heterocycles. The van der Waals surface area contributed by atoms with Crippen LogP contribution in [0.5, 0.6) is 0 Å². The van der Waals surface area contributed by atoms with E-state index in [4.69, 9.17) is 13.9 Å². The zero-order valence-electron chi connectivity index (χ0n) is 12.1. The normalized spacial score (nSPS) is 24.8. The van der Waals surface area contributed by atoms with Gasteiger partial charge in [-0.15, -0.1) is 0 Å². The summed E-state index contributed by atoms with van der Waals surface area (Å²) in [6, 6.07) is 4.30. The number of furan rings is 1. The first-order valence-corrected chi connectivity index (χ1v) is 7.22. The molecule has 1 aromatic rings. The molecule has 3 atom stereocenters. The first-order chi connectivity index (χ1) is 9.30. The molecule has 1 fully saturated rings. The van der Waals surface area contributed by atoms with E-state index in [-0.39, 0.29) is 6.04 Å². The minimum Gasteiger partial charge on any atom is -0.462 e. The summed E-state index contributed by atoms with van der Waals surface area (Å²) in [7, 11) is 1.68. The Morgan fingerprint density at radius 2 is 2.26 bits per heavy atom. The summed E-state index contributed by atoms with van der Waals surface area (Å²) >= 11 is 0. The largest absolute Gasteiger partial charge is 0.462 e. The lowest BCUT2D eigenvalue weighted by Crippen LogP contribution is -2.32. The van der Waals surface area contributed by atoms with Crippen molar-refractivity contribution in [3.63, 3.8) is 0 Å². The number of hydrogen-bond donors (Lipinski definition) is 1. The Bertz CT molecular complexity index is 377. The highest BCUT2D eigenvalue weighted by Crippen LogP contribution is 2.35. The molecule has 19 heavy (non-hydrogen) atoms. The summed E-state index contributed by atoms with van der Waals surface area (Å²) in [4.78, 5) is 0. The maximum Gasteiger partial charge on any atom is 0.129 e. The quantitative estimate of drug-likeness (QED) is 0.825. The Morgan fingerprint density at radius 1 is 1.42 bits per heavy atom. The molecule has 4 nitrogen and oxygen atoms in total. The van der Waals surface area contributed by atoms with E-state index in [0.29, 0.717) is 18.6 Å². The van der Waals surface area contributed by atoms with Gasteiger partial charge in [-0.25, -0.2) is 0 Å². The van der Waals surface area contributed by atoms with Crippen LogP contribution >= 0.6 is 0 Å². The highest BCUT2D eigenvalue weighted by atomic mass is 16.5. The second-order valence-electron chi connectivity index (χ2n) is 5.04. The first kappa shape index (κ1) is 14.6. The van der Waals surface area contributed by atoms with Crippen LogP contribution in [0.4, 0.5) is 0 Å². The van der Waals surface area contributed by atoms with Gasteiger partial charge < -0.3 is 19.2 Å². The van der Waals surface area contributed by atoms with Crippen molar-refractivity contribution in [2.75, 3.05) is 20.3 Å². The lowest BCUT2D eigenvalue weighted by atomic mass is 9.89. The molecular weight excluding hydrogens is 242 g/mol. The molecule has 0 radical (unpaired) electrons. The lowest BCUT2D eigenvalue weighted by Gasteiger charge is -2.26. The number of hydrogen-bond acceptors (Lipinski definition) is 4. The molecule has 0 aliphatic carbocycles. The highest BCUT2D eigenvalue weighted by molar-refractivity contribution is 5.12. The number of rotatable bonds is 7. The summed E-state index contributed by atoms with van der Waals surface area (Å²) in [5, 5.41) is 3.55. The van der Waals surface area contributed by atoms with Crippen LogP contribution in [0.2, 0.25) is 0 Å². The third-order valence-corrected chi connectivity index (χ3v) is 3.79. The van der Waals surface area contributed by atoms with Gasteiger partial charge in [0.05, 0.1) is 12.1 Å². The van der Waals surface area contributed by atoms with Crippen molar-refractivity contribution in [2.24, 2.45) is 5.92 Å². The fraction of sp³-hybridized carbons (Fsp3) is 0.733. The molecule has 1 aromatic heterocycles. The average Bonchev–Trinajstić information content (AvgIpc) is 3.05. The molecule has 1 saturated heterocycles. The Kier molecular flexibility index (Phi) is 5.43. The Labute approximate surface area is 115 Å². The molecule has 0 saturated carbocycles. The van der Waals surface area contributed by atoms with Gasteiger partial charge in [-0.3, -0.25) is 0 Å². The fourth-order valence-electron chi connectivity index (χ4n) is 2.93. The summed E-state index contributed by atoms with van der Waals surface area (Å²) < 4.78 is 16.8. The van der Waals surface area contributed by atoms with Gasteiger partial charge in [0.25, 0.3) is 0 Å². The Morgan fingerprint density at radius 3 is 2.95 bits per heavy atom. The molecule has 1 aliphatic rings. The van der Waals surface area contributed by atoms with Gasteiger partial charge in [-0.1, -0.05) is 13.8 Å². The summed E-state index contributed by atoms with van der Waals surface area (Å²) in [5.74, 6) is 2.38. The van der Waals surface area contributed by atoms with Crippen LogP contribution in [0, 0.1) is 5.92 Å². The van der Waals surface area contributed by atoms with Crippen molar-refractivity contribution in [3.8, 4) is 0 Å². The zero-order valence-corrected chi connectivity index (χ0v) is 12.1. The maximum atomic E-state index is 5.90. The van der Waals surface area contributed by atoms with Crippen molar-refractivity contribution in [1.29, 1.82) is 0 Å². The molecule has 2 rings (SSSR count). The lowest BCUT2D eigenvalue weighted by molar-refractivity contribution is 0.0742. The van der Waals surface area contributed by atoms with Gasteiger partial charge in [-0.05, 0) is 31.5 Å². The van der Waals surface area contributed by atoms with Crippen LogP contribution in [0.3, 0.4) is 0 Å². The monoisotopic (exact) mass is 267 g/mol. The number of methoxy groups -OCH3 is 1. The third kappa shape index (κ3) is 3.38. The van der Waals surface area contributed by atoms with E-state index in [0.717, 1.165) is 37.5 Å². The van der Waals surface area contributed by atoms with Crippen LogP contribution in [0.1, 0.15) is 44.3 Å². The molecule has 1 N–H and O–H groups in total. The fourth-order valence-corrected chi connectivity index (χ4v) is 2.93. The maximum absolute atomic E-state index is 5.90. The van der Waals surface area contributed by atoms with Crippen LogP contribution in [-0.4, -0.2) is 26.4 Å². The predicted molar refractivity (Wildman–Crippen MR) is 74.0 cm³/mol. The second kappa shape index (κ2) is 7.08. The van der Waals surface area contributed by atoms with Crippen molar-refractivity contribution in [3.05, 3.63) is 23.7 Å². The third-order valence-electron chi connectivity index (χ3n) is 3.79. The van der Waals surface area contributed by atoms with Crippen molar-refractivity contribution in [1.82, 2.24) is 5.32 Å². The smallest absolute Gasteiger partial charge is 0.129 e. The minimum absolute atomic E-state index is 0.239. The van der Waals surface area contributed by atoms with Gasteiger partial charge in [0.2, 0.25) is 0 Å². The van der Waals surface area contributed by atoms with E-state index in [1.165, 1.54) is 0 Å². The van der Waals surface area contributed by atoms with Gasteiger partial charge >= 0.3 is 0 Å². The summed E-state index contributed by atoms with van der Waals surface area (Å²) in [5.41, 5.74) is 0. The van der Waals surface area contributed by atoms with Crippen molar-refractivity contribution < 1.29 is 13.9 Å². The van der Waals surface area contributed by atoms with Gasteiger partial charge in [-0.2, -0.15) is 0 Å². The van der Waals surface area contributed by atoms with E-state index in [9.17, 15) is 0 Å². The molecule has 0 spiro atoms. The molecule has 4 heteroatoms. The summed E-state index contributed by atoms with van der Waals surface area (Å²) in [6.45, 7) is 6.62. The van der Waals surface area contributed by atoms with E-state index >= 15 is 0 Å². The van der Waals surface area contributed by atoms with Crippen molar-refractivity contribution >= 4 is 0 Å².